The summed E-state index contributed by atoms with van der Waals surface area (Å²) in [6.45, 7) is 4.64. The molecule has 21 heavy (non-hydrogen) atoms. The molecule has 1 saturated carbocycles. The molecule has 1 aliphatic rings. The molecule has 0 radical (unpaired) electrons. The first-order valence-electron chi connectivity index (χ1n) is 8.64. The molecule has 1 aliphatic carbocycles. The average molecular weight is 289 g/mol. The summed E-state index contributed by atoms with van der Waals surface area (Å²) in [6, 6.07) is 9.58. The fourth-order valence-electron chi connectivity index (χ4n) is 3.55. The molecule has 1 N–H and O–H groups in total. The Labute approximate surface area is 130 Å². The van der Waals surface area contributed by atoms with Crippen LogP contribution in [0.5, 0.6) is 5.75 Å². The normalized spacial score (nSPS) is 19.8. The van der Waals surface area contributed by atoms with Gasteiger partial charge in [0.05, 0.1) is 7.11 Å². The molecule has 0 saturated heterocycles. The number of hydrogen-bond donors (Lipinski definition) is 1. The fourth-order valence-corrected chi connectivity index (χ4v) is 3.55. The van der Waals surface area contributed by atoms with Crippen LogP contribution in [0.4, 0.5) is 0 Å². The van der Waals surface area contributed by atoms with Crippen molar-refractivity contribution < 1.29 is 4.74 Å². The number of methoxy groups -OCH3 is 1. The molecule has 0 aromatic heterocycles. The lowest BCUT2D eigenvalue weighted by Gasteiger charge is -2.29. The van der Waals surface area contributed by atoms with Crippen LogP contribution in [-0.2, 0) is 0 Å². The third-order valence-electron chi connectivity index (χ3n) is 5.00. The van der Waals surface area contributed by atoms with Crippen molar-refractivity contribution in [1.29, 1.82) is 0 Å². The predicted octanol–water partition coefficient (Wildman–Crippen LogP) is 5.09. The second-order valence-electron chi connectivity index (χ2n) is 6.44. The summed E-state index contributed by atoms with van der Waals surface area (Å²) in [5.74, 6) is 1.78. The maximum Gasteiger partial charge on any atom is 0.118 e. The topological polar surface area (TPSA) is 21.3 Å². The molecule has 0 aliphatic heterocycles. The summed E-state index contributed by atoms with van der Waals surface area (Å²) in [6.07, 6.45) is 9.60. The van der Waals surface area contributed by atoms with Gasteiger partial charge in [-0.2, -0.15) is 0 Å². The maximum absolute atomic E-state index is 5.25. The van der Waals surface area contributed by atoms with E-state index in [0.29, 0.717) is 12.1 Å². The van der Waals surface area contributed by atoms with E-state index in [0.717, 1.165) is 18.1 Å². The molecule has 0 spiro atoms. The minimum Gasteiger partial charge on any atom is -0.497 e. The summed E-state index contributed by atoms with van der Waals surface area (Å²) in [7, 11) is 1.72. The number of hydrogen-bond acceptors (Lipinski definition) is 2. The zero-order valence-electron chi connectivity index (χ0n) is 13.9. The van der Waals surface area contributed by atoms with Gasteiger partial charge in [-0.1, -0.05) is 44.7 Å². The number of rotatable bonds is 6. The van der Waals surface area contributed by atoms with E-state index in [4.69, 9.17) is 4.74 Å². The van der Waals surface area contributed by atoms with Crippen molar-refractivity contribution in [1.82, 2.24) is 5.32 Å². The van der Waals surface area contributed by atoms with E-state index >= 15 is 0 Å². The van der Waals surface area contributed by atoms with Crippen molar-refractivity contribution in [2.24, 2.45) is 5.92 Å². The molecule has 0 heterocycles. The van der Waals surface area contributed by atoms with Crippen molar-refractivity contribution in [2.45, 2.75) is 70.9 Å². The molecule has 2 heteroatoms. The summed E-state index contributed by atoms with van der Waals surface area (Å²) < 4.78 is 5.25. The van der Waals surface area contributed by atoms with E-state index in [1.807, 2.05) is 0 Å². The lowest BCUT2D eigenvalue weighted by molar-refractivity contribution is 0.306. The van der Waals surface area contributed by atoms with Crippen molar-refractivity contribution in [3.05, 3.63) is 29.8 Å². The van der Waals surface area contributed by atoms with Crippen LogP contribution < -0.4 is 10.1 Å². The van der Waals surface area contributed by atoms with Crippen LogP contribution >= 0.6 is 0 Å². The molecule has 1 fully saturated rings. The maximum atomic E-state index is 5.25. The lowest BCUT2D eigenvalue weighted by Crippen LogP contribution is -2.36. The van der Waals surface area contributed by atoms with Gasteiger partial charge in [-0.15, -0.1) is 0 Å². The highest BCUT2D eigenvalue weighted by Gasteiger charge is 2.21. The number of ether oxygens (including phenoxy) is 1. The number of nitrogens with one attached hydrogen (secondary N) is 1. The molecule has 2 rings (SSSR count). The van der Waals surface area contributed by atoms with Crippen LogP contribution in [-0.4, -0.2) is 13.2 Å². The third kappa shape index (κ3) is 4.74. The highest BCUT2D eigenvalue weighted by molar-refractivity contribution is 5.29. The van der Waals surface area contributed by atoms with Crippen molar-refractivity contribution >= 4 is 0 Å². The Balaban J connectivity index is 1.96. The summed E-state index contributed by atoms with van der Waals surface area (Å²) in [4.78, 5) is 0. The standard InChI is InChI=1S/C19H31NO/c1-4-19(17-11-13-18(21-3)14-12-17)20-15(2)16-9-7-5-6-8-10-16/h11-16,19-20H,4-10H2,1-3H3/t15-,19?/m1/s1. The monoisotopic (exact) mass is 289 g/mol. The van der Waals surface area contributed by atoms with Gasteiger partial charge in [0.1, 0.15) is 5.75 Å². The van der Waals surface area contributed by atoms with Crippen LogP contribution in [0.3, 0.4) is 0 Å². The molecule has 2 nitrogen and oxygen atoms in total. The van der Waals surface area contributed by atoms with E-state index < -0.39 is 0 Å². The van der Waals surface area contributed by atoms with Gasteiger partial charge in [0.25, 0.3) is 0 Å². The highest BCUT2D eigenvalue weighted by Crippen LogP contribution is 2.28. The Bertz CT molecular complexity index is 393. The largest absolute Gasteiger partial charge is 0.497 e. The zero-order valence-corrected chi connectivity index (χ0v) is 13.9. The Hall–Kier alpha value is -1.02. The third-order valence-corrected chi connectivity index (χ3v) is 5.00. The highest BCUT2D eigenvalue weighted by atomic mass is 16.5. The Morgan fingerprint density at radius 2 is 1.71 bits per heavy atom. The molecule has 1 aromatic carbocycles. The summed E-state index contributed by atoms with van der Waals surface area (Å²) in [5.41, 5.74) is 1.37. The quantitative estimate of drug-likeness (QED) is 0.736. The Morgan fingerprint density at radius 1 is 1.10 bits per heavy atom. The van der Waals surface area contributed by atoms with Gasteiger partial charge in [-0.25, -0.2) is 0 Å². The van der Waals surface area contributed by atoms with Crippen LogP contribution in [0.2, 0.25) is 0 Å². The molecular formula is C19H31NO. The first-order valence-corrected chi connectivity index (χ1v) is 8.64. The lowest BCUT2D eigenvalue weighted by atomic mass is 9.91. The van der Waals surface area contributed by atoms with Crippen LogP contribution in [0.1, 0.15) is 70.4 Å². The van der Waals surface area contributed by atoms with E-state index in [2.05, 4.69) is 43.4 Å². The van der Waals surface area contributed by atoms with Gasteiger partial charge in [0.15, 0.2) is 0 Å². The van der Waals surface area contributed by atoms with Crippen LogP contribution in [0.15, 0.2) is 24.3 Å². The first-order chi connectivity index (χ1) is 10.2. The predicted molar refractivity (Wildman–Crippen MR) is 89.8 cm³/mol. The summed E-state index contributed by atoms with van der Waals surface area (Å²) in [5, 5.41) is 3.88. The van der Waals surface area contributed by atoms with Gasteiger partial charge < -0.3 is 10.1 Å². The molecule has 2 atom stereocenters. The van der Waals surface area contributed by atoms with E-state index in [1.165, 1.54) is 44.1 Å². The minimum absolute atomic E-state index is 0.453. The SMILES string of the molecule is CCC(N[C@H](C)C1CCCCCC1)c1ccc(OC)cc1. The van der Waals surface area contributed by atoms with Crippen molar-refractivity contribution in [2.75, 3.05) is 7.11 Å². The summed E-state index contributed by atoms with van der Waals surface area (Å²) >= 11 is 0. The van der Waals surface area contributed by atoms with Gasteiger partial charge in [0.2, 0.25) is 0 Å². The molecule has 0 bridgehead atoms. The molecular weight excluding hydrogens is 258 g/mol. The first kappa shape index (κ1) is 16.4. The van der Waals surface area contributed by atoms with Gasteiger partial charge in [-0.05, 0) is 49.8 Å². The van der Waals surface area contributed by atoms with E-state index in [-0.39, 0.29) is 0 Å². The molecule has 1 aromatic rings. The smallest absolute Gasteiger partial charge is 0.118 e. The second-order valence-corrected chi connectivity index (χ2v) is 6.44. The molecule has 1 unspecified atom stereocenters. The second kappa shape index (κ2) is 8.43. The zero-order chi connectivity index (χ0) is 15.1. The average Bonchev–Trinajstić information content (AvgIpc) is 2.82. The molecule has 118 valence electrons. The van der Waals surface area contributed by atoms with Crippen molar-refractivity contribution in [3.63, 3.8) is 0 Å². The van der Waals surface area contributed by atoms with Crippen LogP contribution in [0, 0.1) is 5.92 Å². The van der Waals surface area contributed by atoms with E-state index in [9.17, 15) is 0 Å². The Morgan fingerprint density at radius 3 is 2.24 bits per heavy atom. The fraction of sp³-hybridized carbons (Fsp3) is 0.684. The molecule has 0 amide bonds. The van der Waals surface area contributed by atoms with Crippen LogP contribution in [0.25, 0.3) is 0 Å². The minimum atomic E-state index is 0.453. The van der Waals surface area contributed by atoms with Gasteiger partial charge >= 0.3 is 0 Å². The van der Waals surface area contributed by atoms with E-state index in [1.54, 1.807) is 7.11 Å². The van der Waals surface area contributed by atoms with Gasteiger partial charge in [-0.3, -0.25) is 0 Å². The van der Waals surface area contributed by atoms with Gasteiger partial charge in [0, 0.05) is 12.1 Å². The Kier molecular flexibility index (Phi) is 6.56. The number of benzene rings is 1. The van der Waals surface area contributed by atoms with Crippen molar-refractivity contribution in [3.8, 4) is 5.75 Å².